The lowest BCUT2D eigenvalue weighted by molar-refractivity contribution is 0.0952. The van der Waals surface area contributed by atoms with Gasteiger partial charge in [0.25, 0.3) is 11.6 Å². The van der Waals surface area contributed by atoms with E-state index in [1.54, 1.807) is 0 Å². The van der Waals surface area contributed by atoms with E-state index in [1.807, 2.05) is 27.0 Å². The molecule has 1 aliphatic carbocycles. The van der Waals surface area contributed by atoms with Gasteiger partial charge in [0.05, 0.1) is 16.6 Å². The summed E-state index contributed by atoms with van der Waals surface area (Å²) in [6, 6.07) is 2.11. The number of carbonyl (C=O) groups is 1. The molecule has 2 heterocycles. The zero-order valence-electron chi connectivity index (χ0n) is 13.0. The maximum Gasteiger partial charge on any atom is 0.259 e. The van der Waals surface area contributed by atoms with Crippen LogP contribution in [0.3, 0.4) is 0 Å². The highest BCUT2D eigenvalue weighted by Crippen LogP contribution is 2.40. The van der Waals surface area contributed by atoms with Crippen molar-refractivity contribution in [1.82, 2.24) is 20.8 Å². The number of nitrogens with zero attached hydrogens (tertiary/aromatic N) is 2. The van der Waals surface area contributed by atoms with E-state index >= 15 is 0 Å². The Balaban J connectivity index is 0.00000176. The number of carbonyl (C=O) groups excluding carboxylic acids is 1. The zero-order chi connectivity index (χ0) is 15.0. The molecule has 2 aromatic rings. The molecule has 2 N–H and O–H groups in total. The number of halogens is 1. The fourth-order valence-corrected chi connectivity index (χ4v) is 2.32. The summed E-state index contributed by atoms with van der Waals surface area (Å²) < 4.78 is 5.25. The van der Waals surface area contributed by atoms with Crippen molar-refractivity contribution in [1.29, 1.82) is 0 Å². The molecular weight excluding hydrogens is 304 g/mol. The number of aromatic nitrogens is 2. The second-order valence-electron chi connectivity index (χ2n) is 5.72. The number of hydrogen-bond donors (Lipinski definition) is 2. The largest absolute Gasteiger partial charge is 0.350 e. The highest BCUT2D eigenvalue weighted by molar-refractivity contribution is 6.06. The fraction of sp³-hybridized carbons (Fsp3) is 0.533. The predicted molar refractivity (Wildman–Crippen MR) is 86.6 cm³/mol. The molecule has 0 bridgehead atoms. The van der Waals surface area contributed by atoms with Gasteiger partial charge in [-0.05, 0) is 39.8 Å². The molecule has 1 saturated carbocycles. The molecular formula is C15H21ClN4O2. The number of amides is 1. The maximum atomic E-state index is 12.5. The van der Waals surface area contributed by atoms with Gasteiger partial charge in [0.15, 0.2) is 0 Å². The van der Waals surface area contributed by atoms with Gasteiger partial charge in [0, 0.05) is 24.2 Å². The molecule has 1 aliphatic rings. The Kier molecular flexibility index (Phi) is 5.03. The second-order valence-corrected chi connectivity index (χ2v) is 5.72. The standard InChI is InChI=1S/C15H20N4O2.ClH/c1-8(16-3)7-17-14(20)11-6-12(10-4-5-10)18-15-13(11)9(2)19-21-15;/h6,8,10,16H,4-5,7H2,1-3H3,(H,17,20);1H. The number of rotatable bonds is 5. The third kappa shape index (κ3) is 3.23. The van der Waals surface area contributed by atoms with Crippen LogP contribution in [-0.2, 0) is 0 Å². The van der Waals surface area contributed by atoms with E-state index in [0.717, 1.165) is 18.5 Å². The molecule has 0 spiro atoms. The Morgan fingerprint density at radius 1 is 1.50 bits per heavy atom. The Morgan fingerprint density at radius 3 is 2.86 bits per heavy atom. The van der Waals surface area contributed by atoms with Gasteiger partial charge >= 0.3 is 0 Å². The summed E-state index contributed by atoms with van der Waals surface area (Å²) in [4.78, 5) is 17.0. The molecule has 0 aliphatic heterocycles. The molecule has 0 saturated heterocycles. The van der Waals surface area contributed by atoms with Crippen molar-refractivity contribution < 1.29 is 9.32 Å². The third-order valence-corrected chi connectivity index (χ3v) is 3.94. The Hall–Kier alpha value is -1.66. The van der Waals surface area contributed by atoms with Crippen molar-refractivity contribution in [2.24, 2.45) is 0 Å². The molecule has 3 rings (SSSR count). The SMILES string of the molecule is CNC(C)CNC(=O)c1cc(C2CC2)nc2onc(C)c12.Cl. The molecule has 6 nitrogen and oxygen atoms in total. The van der Waals surface area contributed by atoms with Crippen LogP contribution in [0.25, 0.3) is 11.1 Å². The number of likely N-dealkylation sites (N-methyl/N-ethyl adjacent to an activating group) is 1. The van der Waals surface area contributed by atoms with E-state index in [0.29, 0.717) is 34.8 Å². The highest BCUT2D eigenvalue weighted by atomic mass is 35.5. The van der Waals surface area contributed by atoms with Gasteiger partial charge in [-0.1, -0.05) is 5.16 Å². The number of hydrogen-bond acceptors (Lipinski definition) is 5. The molecule has 1 unspecified atom stereocenters. The molecule has 0 aromatic carbocycles. The first-order valence-corrected chi connectivity index (χ1v) is 7.32. The molecule has 1 fully saturated rings. The first-order valence-electron chi connectivity index (χ1n) is 7.32. The number of pyridine rings is 1. The van der Waals surface area contributed by atoms with Crippen LogP contribution in [0.1, 0.15) is 47.4 Å². The van der Waals surface area contributed by atoms with Crippen LogP contribution in [0.2, 0.25) is 0 Å². The Morgan fingerprint density at radius 2 is 2.23 bits per heavy atom. The van der Waals surface area contributed by atoms with Crippen molar-refractivity contribution in [2.45, 2.75) is 38.6 Å². The third-order valence-electron chi connectivity index (χ3n) is 3.94. The molecule has 1 atom stereocenters. The topological polar surface area (TPSA) is 80.0 Å². The first-order chi connectivity index (χ1) is 10.1. The summed E-state index contributed by atoms with van der Waals surface area (Å²) in [6.07, 6.45) is 2.26. The zero-order valence-corrected chi connectivity index (χ0v) is 13.8. The second kappa shape index (κ2) is 6.62. The van der Waals surface area contributed by atoms with Gasteiger partial charge in [0.2, 0.25) is 0 Å². The number of fused-ring (bicyclic) bond motifs is 1. The molecule has 2 aromatic heterocycles. The highest BCUT2D eigenvalue weighted by Gasteiger charge is 2.28. The molecule has 120 valence electrons. The van der Waals surface area contributed by atoms with Crippen molar-refractivity contribution in [3.05, 3.63) is 23.0 Å². The molecule has 0 radical (unpaired) electrons. The van der Waals surface area contributed by atoms with Gasteiger partial charge in [0.1, 0.15) is 0 Å². The van der Waals surface area contributed by atoms with Crippen molar-refractivity contribution in [2.75, 3.05) is 13.6 Å². The van der Waals surface area contributed by atoms with Crippen molar-refractivity contribution >= 4 is 29.4 Å². The van der Waals surface area contributed by atoms with Crippen LogP contribution < -0.4 is 10.6 Å². The van der Waals surface area contributed by atoms with Crippen LogP contribution in [0.15, 0.2) is 10.6 Å². The molecule has 22 heavy (non-hydrogen) atoms. The van der Waals surface area contributed by atoms with E-state index in [2.05, 4.69) is 20.8 Å². The van der Waals surface area contributed by atoms with Gasteiger partial charge < -0.3 is 15.2 Å². The number of nitrogens with one attached hydrogen (secondary N) is 2. The minimum Gasteiger partial charge on any atom is -0.350 e. The molecule has 7 heteroatoms. The summed E-state index contributed by atoms with van der Waals surface area (Å²) in [6.45, 7) is 4.42. The minimum absolute atomic E-state index is 0. The summed E-state index contributed by atoms with van der Waals surface area (Å²) in [7, 11) is 1.87. The fourth-order valence-electron chi connectivity index (χ4n) is 2.32. The normalized spacial score (nSPS) is 15.4. The predicted octanol–water partition coefficient (Wildman–Crippen LogP) is 2.17. The van der Waals surface area contributed by atoms with Gasteiger partial charge in [-0.2, -0.15) is 0 Å². The monoisotopic (exact) mass is 324 g/mol. The summed E-state index contributed by atoms with van der Waals surface area (Å²) in [5.74, 6) is 0.361. The lowest BCUT2D eigenvalue weighted by Crippen LogP contribution is -2.37. The Labute approximate surface area is 135 Å². The quantitative estimate of drug-likeness (QED) is 0.881. The van der Waals surface area contributed by atoms with Crippen LogP contribution in [0.5, 0.6) is 0 Å². The minimum atomic E-state index is -0.0994. The van der Waals surface area contributed by atoms with Crippen LogP contribution in [0.4, 0.5) is 0 Å². The average molecular weight is 325 g/mol. The summed E-state index contributed by atoms with van der Waals surface area (Å²) >= 11 is 0. The van der Waals surface area contributed by atoms with E-state index in [1.165, 1.54) is 0 Å². The summed E-state index contributed by atoms with van der Waals surface area (Å²) in [5.41, 5.74) is 2.71. The van der Waals surface area contributed by atoms with Crippen LogP contribution >= 0.6 is 12.4 Å². The van der Waals surface area contributed by atoms with Gasteiger partial charge in [-0.15, -0.1) is 12.4 Å². The van der Waals surface area contributed by atoms with E-state index in [-0.39, 0.29) is 24.4 Å². The van der Waals surface area contributed by atoms with E-state index in [9.17, 15) is 4.79 Å². The van der Waals surface area contributed by atoms with Crippen LogP contribution in [-0.4, -0.2) is 35.7 Å². The van der Waals surface area contributed by atoms with Gasteiger partial charge in [-0.25, -0.2) is 4.98 Å². The van der Waals surface area contributed by atoms with E-state index < -0.39 is 0 Å². The van der Waals surface area contributed by atoms with Gasteiger partial charge in [-0.3, -0.25) is 4.79 Å². The first kappa shape index (κ1) is 16.7. The van der Waals surface area contributed by atoms with Crippen LogP contribution in [0, 0.1) is 6.92 Å². The lowest BCUT2D eigenvalue weighted by atomic mass is 10.1. The van der Waals surface area contributed by atoms with Crippen molar-refractivity contribution in [3.8, 4) is 0 Å². The number of aryl methyl sites for hydroxylation is 1. The Bertz CT molecular complexity index is 681. The smallest absolute Gasteiger partial charge is 0.259 e. The molecule has 1 amide bonds. The lowest BCUT2D eigenvalue weighted by Gasteiger charge is -2.12. The maximum absolute atomic E-state index is 12.5. The van der Waals surface area contributed by atoms with Crippen molar-refractivity contribution in [3.63, 3.8) is 0 Å². The average Bonchev–Trinajstić information content (AvgIpc) is 3.28. The van der Waals surface area contributed by atoms with E-state index in [4.69, 9.17) is 4.52 Å². The summed E-state index contributed by atoms with van der Waals surface area (Å²) in [5, 5.41) is 10.7.